The highest BCUT2D eigenvalue weighted by Gasteiger charge is 2.34. The molecule has 1 aromatic heterocycles. The summed E-state index contributed by atoms with van der Waals surface area (Å²) in [6, 6.07) is 6.59. The number of carbonyl (C=O) groups excluding carboxylic acids is 2. The minimum absolute atomic E-state index is 0.124. The number of ether oxygens (including phenoxy) is 1. The van der Waals surface area contributed by atoms with Crippen molar-refractivity contribution in [2.24, 2.45) is 11.8 Å². The molecular formula is C37H51Br2ClN4O3. The Kier molecular flexibility index (Phi) is 12.7. The molecule has 47 heavy (non-hydrogen) atoms. The van der Waals surface area contributed by atoms with Crippen LogP contribution in [-0.4, -0.2) is 76.6 Å². The first-order valence-electron chi connectivity index (χ1n) is 17.5. The minimum Gasteiger partial charge on any atom is -0.444 e. The van der Waals surface area contributed by atoms with Crippen molar-refractivity contribution in [3.63, 3.8) is 0 Å². The van der Waals surface area contributed by atoms with Gasteiger partial charge in [0.05, 0.1) is 16.8 Å². The summed E-state index contributed by atoms with van der Waals surface area (Å²) in [6.07, 6.45) is 11.3. The van der Waals surface area contributed by atoms with Gasteiger partial charge in [0.1, 0.15) is 5.60 Å². The van der Waals surface area contributed by atoms with Gasteiger partial charge >= 0.3 is 6.09 Å². The zero-order valence-electron chi connectivity index (χ0n) is 28.5. The van der Waals surface area contributed by atoms with Gasteiger partial charge in [-0.05, 0) is 164 Å². The van der Waals surface area contributed by atoms with Crippen molar-refractivity contribution < 1.29 is 14.3 Å². The second-order valence-electron chi connectivity index (χ2n) is 14.6. The number of nitrogens with zero attached hydrogens (tertiary/aromatic N) is 4. The smallest absolute Gasteiger partial charge is 0.410 e. The van der Waals surface area contributed by atoms with E-state index in [0.29, 0.717) is 31.3 Å². The van der Waals surface area contributed by atoms with Crippen LogP contribution in [0.15, 0.2) is 33.3 Å². The third kappa shape index (κ3) is 9.52. The van der Waals surface area contributed by atoms with Gasteiger partial charge in [0.15, 0.2) is 0 Å². The lowest BCUT2D eigenvalue weighted by molar-refractivity contribution is -0.132. The Hall–Kier alpha value is -1.68. The van der Waals surface area contributed by atoms with Crippen LogP contribution >= 0.6 is 43.5 Å². The monoisotopic (exact) mass is 792 g/mol. The van der Waals surface area contributed by atoms with Crippen LogP contribution in [0.2, 0.25) is 5.02 Å². The molecule has 0 saturated carbocycles. The summed E-state index contributed by atoms with van der Waals surface area (Å²) in [5, 5.41) is 0.764. The average molecular weight is 795 g/mol. The SMILES string of the molecule is CCCN(CCCC1CCN(C2c3ccc(Cl)c(Br)c3CCc3cc(Br)cnc32)CC1)C(=O)CC1CCN(C(=O)OC(C)(C)C)CC1. The van der Waals surface area contributed by atoms with E-state index in [-0.39, 0.29) is 18.0 Å². The molecule has 1 atom stereocenters. The average Bonchev–Trinajstić information content (AvgIpc) is 3.19. The number of benzene rings is 1. The highest BCUT2D eigenvalue weighted by Crippen LogP contribution is 2.42. The number of hydrogen-bond acceptors (Lipinski definition) is 5. The summed E-state index contributed by atoms with van der Waals surface area (Å²) in [5.74, 6) is 1.27. The van der Waals surface area contributed by atoms with E-state index in [0.717, 1.165) is 97.9 Å². The van der Waals surface area contributed by atoms with Gasteiger partial charge in [0, 0.05) is 47.7 Å². The maximum Gasteiger partial charge on any atom is 0.410 e. The standard InChI is InChI=1S/C37H51Br2ClN4O3/c1-5-16-42(32(45)22-26-14-20-44(21-15-26)36(46)47-37(2,3)4)17-6-7-25-12-18-43(19-13-25)35-30-10-11-31(40)33(39)29(30)9-8-27-23-28(38)24-41-34(27)35/h10-11,23-26,35H,5-9,12-22H2,1-4H3. The topological polar surface area (TPSA) is 66.0 Å². The predicted molar refractivity (Wildman–Crippen MR) is 196 cm³/mol. The molecule has 1 aromatic carbocycles. The molecule has 7 nitrogen and oxygen atoms in total. The highest BCUT2D eigenvalue weighted by molar-refractivity contribution is 9.10. The fourth-order valence-electron chi connectivity index (χ4n) is 7.56. The van der Waals surface area contributed by atoms with Gasteiger partial charge in [-0.15, -0.1) is 0 Å². The molecule has 0 bridgehead atoms. The van der Waals surface area contributed by atoms with Crippen LogP contribution in [0, 0.1) is 11.8 Å². The van der Waals surface area contributed by atoms with Crippen molar-refractivity contribution >= 4 is 55.5 Å². The van der Waals surface area contributed by atoms with E-state index >= 15 is 0 Å². The van der Waals surface area contributed by atoms with Crippen molar-refractivity contribution in [2.45, 2.75) is 104 Å². The number of piperidine rings is 2. The molecule has 2 aliphatic heterocycles. The first-order valence-corrected chi connectivity index (χ1v) is 19.5. The Morgan fingerprint density at radius 3 is 2.40 bits per heavy atom. The molecule has 258 valence electrons. The maximum atomic E-state index is 13.4. The molecule has 0 spiro atoms. The molecule has 3 aliphatic rings. The Morgan fingerprint density at radius 1 is 1.02 bits per heavy atom. The zero-order chi connectivity index (χ0) is 33.7. The van der Waals surface area contributed by atoms with Crippen LogP contribution in [0.4, 0.5) is 4.79 Å². The van der Waals surface area contributed by atoms with Crippen molar-refractivity contribution in [3.05, 3.63) is 60.7 Å². The van der Waals surface area contributed by atoms with Gasteiger partial charge in [-0.25, -0.2) is 4.79 Å². The summed E-state index contributed by atoms with van der Waals surface area (Å²) in [4.78, 5) is 37.3. The van der Waals surface area contributed by atoms with Crippen molar-refractivity contribution in [1.29, 1.82) is 0 Å². The molecule has 2 amide bonds. The van der Waals surface area contributed by atoms with Crippen LogP contribution in [0.25, 0.3) is 0 Å². The van der Waals surface area contributed by atoms with Crippen LogP contribution in [0.1, 0.15) is 107 Å². The van der Waals surface area contributed by atoms with Gasteiger partial charge < -0.3 is 14.5 Å². The Balaban J connectivity index is 1.12. The Labute approximate surface area is 303 Å². The largest absolute Gasteiger partial charge is 0.444 e. The third-order valence-corrected chi connectivity index (χ3v) is 11.9. The van der Waals surface area contributed by atoms with E-state index < -0.39 is 5.60 Å². The number of carbonyl (C=O) groups is 2. The summed E-state index contributed by atoms with van der Waals surface area (Å²) < 4.78 is 7.58. The quantitative estimate of drug-likeness (QED) is 0.254. The molecule has 0 N–H and O–H groups in total. The first kappa shape index (κ1) is 36.6. The predicted octanol–water partition coefficient (Wildman–Crippen LogP) is 9.22. The van der Waals surface area contributed by atoms with Crippen LogP contribution in [0.3, 0.4) is 0 Å². The van der Waals surface area contributed by atoms with E-state index in [2.05, 4.69) is 60.7 Å². The fraction of sp³-hybridized carbons (Fsp3) is 0.649. The lowest BCUT2D eigenvalue weighted by Crippen LogP contribution is -2.43. The molecule has 5 rings (SSSR count). The van der Waals surface area contributed by atoms with Crippen LogP contribution in [0.5, 0.6) is 0 Å². The summed E-state index contributed by atoms with van der Waals surface area (Å²) in [7, 11) is 0. The van der Waals surface area contributed by atoms with Gasteiger partial charge in [-0.2, -0.15) is 0 Å². The van der Waals surface area contributed by atoms with E-state index in [1.165, 1.54) is 22.4 Å². The highest BCUT2D eigenvalue weighted by atomic mass is 79.9. The van der Waals surface area contributed by atoms with Gasteiger partial charge in [-0.1, -0.05) is 24.6 Å². The van der Waals surface area contributed by atoms with Gasteiger partial charge in [-0.3, -0.25) is 14.7 Å². The summed E-state index contributed by atoms with van der Waals surface area (Å²) in [5.41, 5.74) is 4.60. The maximum absolute atomic E-state index is 13.4. The lowest BCUT2D eigenvalue weighted by Gasteiger charge is -2.38. The molecule has 2 fully saturated rings. The number of pyridine rings is 1. The second-order valence-corrected chi connectivity index (χ2v) is 16.8. The number of aromatic nitrogens is 1. The third-order valence-electron chi connectivity index (χ3n) is 10.0. The molecule has 3 heterocycles. The lowest BCUT2D eigenvalue weighted by atomic mass is 9.89. The number of likely N-dealkylation sites (tertiary alicyclic amines) is 2. The molecule has 10 heteroatoms. The molecule has 1 unspecified atom stereocenters. The number of halogens is 3. The first-order chi connectivity index (χ1) is 22.4. The molecular weight excluding hydrogens is 744 g/mol. The van der Waals surface area contributed by atoms with E-state index in [1.807, 2.05) is 33.0 Å². The Morgan fingerprint density at radius 2 is 1.72 bits per heavy atom. The van der Waals surface area contributed by atoms with Gasteiger partial charge in [0.2, 0.25) is 5.91 Å². The number of amides is 2. The van der Waals surface area contributed by atoms with E-state index in [1.54, 1.807) is 4.90 Å². The van der Waals surface area contributed by atoms with Gasteiger partial charge in [0.25, 0.3) is 0 Å². The van der Waals surface area contributed by atoms with Crippen molar-refractivity contribution in [3.8, 4) is 0 Å². The van der Waals surface area contributed by atoms with E-state index in [4.69, 9.17) is 21.3 Å². The number of hydrogen-bond donors (Lipinski definition) is 0. The molecule has 2 aromatic rings. The number of rotatable bonds is 9. The molecule has 2 saturated heterocycles. The normalized spacial score (nSPS) is 19.6. The van der Waals surface area contributed by atoms with E-state index in [9.17, 15) is 9.59 Å². The molecule has 1 aliphatic carbocycles. The minimum atomic E-state index is -0.489. The van der Waals surface area contributed by atoms with Crippen molar-refractivity contribution in [2.75, 3.05) is 39.3 Å². The molecule has 0 radical (unpaired) electrons. The van der Waals surface area contributed by atoms with Crippen LogP contribution in [-0.2, 0) is 22.4 Å². The summed E-state index contributed by atoms with van der Waals surface area (Å²) >= 11 is 14.0. The number of aryl methyl sites for hydroxylation is 1. The zero-order valence-corrected chi connectivity index (χ0v) is 32.4. The Bertz CT molecular complexity index is 1400. The van der Waals surface area contributed by atoms with Crippen LogP contribution < -0.4 is 0 Å². The second kappa shape index (κ2) is 16.4. The fourth-order valence-corrected chi connectivity index (χ4v) is 8.67. The summed E-state index contributed by atoms with van der Waals surface area (Å²) in [6.45, 7) is 12.9. The van der Waals surface area contributed by atoms with Crippen molar-refractivity contribution in [1.82, 2.24) is 19.7 Å². The number of fused-ring (bicyclic) bond motifs is 2.